The maximum Gasteiger partial charge on any atom is 0.128 e. The fraction of sp³-hybridized carbons (Fsp3) is 0. The molecule has 0 aliphatic rings. The van der Waals surface area contributed by atoms with E-state index >= 15 is 0 Å². The van der Waals surface area contributed by atoms with Gasteiger partial charge >= 0.3 is 0 Å². The van der Waals surface area contributed by atoms with Crippen LogP contribution in [-0.4, -0.2) is 5.84 Å². The summed E-state index contributed by atoms with van der Waals surface area (Å²) in [5.74, 6) is 0.256. The molecule has 0 saturated heterocycles. The first-order valence-electron chi connectivity index (χ1n) is 2.43. The van der Waals surface area contributed by atoms with Crippen LogP contribution in [0, 0.1) is 0 Å². The van der Waals surface area contributed by atoms with E-state index in [1.807, 2.05) is 0 Å². The molecule has 56 valence electrons. The second kappa shape index (κ2) is 3.79. The lowest BCUT2D eigenvalue weighted by atomic mass is 10.5. The highest BCUT2D eigenvalue weighted by atomic mass is 35.5. The average molecular weight is 161 g/mol. The van der Waals surface area contributed by atoms with E-state index in [9.17, 15) is 0 Å². The van der Waals surface area contributed by atoms with Gasteiger partial charge in [0.2, 0.25) is 0 Å². The number of halogens is 1. The lowest BCUT2D eigenvalue weighted by molar-refractivity contribution is 1.25. The van der Waals surface area contributed by atoms with Gasteiger partial charge in [-0.05, 0) is 0 Å². The zero-order valence-electron chi connectivity index (χ0n) is 5.34. The van der Waals surface area contributed by atoms with Gasteiger partial charge in [-0.3, -0.25) is 0 Å². The highest BCUT2D eigenvalue weighted by Crippen LogP contribution is 1.89. The van der Waals surface area contributed by atoms with E-state index < -0.39 is 0 Å². The first kappa shape index (κ1) is 8.84. The van der Waals surface area contributed by atoms with Gasteiger partial charge in [-0.25, -0.2) is 4.99 Å². The maximum absolute atomic E-state index is 5.26. The molecule has 0 spiro atoms. The van der Waals surface area contributed by atoms with Crippen molar-refractivity contribution in [2.24, 2.45) is 22.2 Å². The molecule has 0 aliphatic carbocycles. The number of rotatable bonds is 2. The zero-order chi connectivity index (χ0) is 8.15. The molecule has 10 heavy (non-hydrogen) atoms. The summed E-state index contributed by atoms with van der Waals surface area (Å²) in [6.45, 7) is 3.30. The van der Waals surface area contributed by atoms with Gasteiger partial charge in [0.15, 0.2) is 0 Å². The Kier molecular flexibility index (Phi) is 3.35. The van der Waals surface area contributed by atoms with Crippen LogP contribution >= 0.6 is 11.6 Å². The van der Waals surface area contributed by atoms with Gasteiger partial charge in [0.1, 0.15) is 16.8 Å². The summed E-state index contributed by atoms with van der Waals surface area (Å²) in [5.41, 5.74) is 15.4. The lowest BCUT2D eigenvalue weighted by Crippen LogP contribution is -2.11. The van der Waals surface area contributed by atoms with Gasteiger partial charge in [0.25, 0.3) is 0 Å². The molecule has 4 nitrogen and oxygen atoms in total. The molecule has 0 fully saturated rings. The topological polar surface area (TPSA) is 90.4 Å². The molecule has 0 rings (SSSR count). The van der Waals surface area contributed by atoms with Crippen LogP contribution in [0.4, 0.5) is 0 Å². The maximum atomic E-state index is 5.26. The van der Waals surface area contributed by atoms with Crippen LogP contribution in [0.2, 0.25) is 0 Å². The van der Waals surface area contributed by atoms with Crippen molar-refractivity contribution in [3.8, 4) is 0 Å². The summed E-state index contributed by atoms with van der Waals surface area (Å²) in [6.07, 6.45) is 1.28. The lowest BCUT2D eigenvalue weighted by Gasteiger charge is -1.91. The van der Waals surface area contributed by atoms with Crippen molar-refractivity contribution in [2.45, 2.75) is 0 Å². The third-order valence-electron chi connectivity index (χ3n) is 0.558. The van der Waals surface area contributed by atoms with Crippen molar-refractivity contribution >= 4 is 17.4 Å². The summed E-state index contributed by atoms with van der Waals surface area (Å²) >= 11 is 5.26. The van der Waals surface area contributed by atoms with Gasteiger partial charge < -0.3 is 17.2 Å². The van der Waals surface area contributed by atoms with Crippen molar-refractivity contribution in [1.82, 2.24) is 0 Å². The van der Waals surface area contributed by atoms with Crippen LogP contribution in [-0.2, 0) is 0 Å². The van der Waals surface area contributed by atoms with Crippen molar-refractivity contribution in [3.63, 3.8) is 0 Å². The number of aliphatic imine (C=N–C) groups is 1. The van der Waals surface area contributed by atoms with E-state index in [0.29, 0.717) is 0 Å². The summed E-state index contributed by atoms with van der Waals surface area (Å²) < 4.78 is 0. The molecule has 0 bridgehead atoms. The minimum Gasteiger partial charge on any atom is -0.389 e. The molecule has 0 heterocycles. The SMILES string of the molecule is C=C(N)/N=C(N)\C=C(/N)Cl. The summed E-state index contributed by atoms with van der Waals surface area (Å²) in [4.78, 5) is 3.55. The third kappa shape index (κ3) is 4.99. The first-order chi connectivity index (χ1) is 4.52. The second-order valence-electron chi connectivity index (χ2n) is 1.56. The molecular weight excluding hydrogens is 152 g/mol. The molecule has 0 saturated carbocycles. The minimum atomic E-state index is 0.0579. The minimum absolute atomic E-state index is 0.0579. The van der Waals surface area contributed by atoms with E-state index in [1.54, 1.807) is 0 Å². The molecule has 5 heteroatoms. The van der Waals surface area contributed by atoms with Gasteiger partial charge in [0, 0.05) is 6.08 Å². The van der Waals surface area contributed by atoms with Crippen molar-refractivity contribution in [2.75, 3.05) is 0 Å². The molecule has 0 aromatic heterocycles. The van der Waals surface area contributed by atoms with Crippen LogP contribution < -0.4 is 17.2 Å². The molecular formula is C5H9ClN4. The Morgan fingerprint density at radius 1 is 1.40 bits per heavy atom. The van der Waals surface area contributed by atoms with Gasteiger partial charge in [-0.1, -0.05) is 18.2 Å². The number of nitrogens with two attached hydrogens (primary N) is 3. The van der Waals surface area contributed by atoms with Crippen LogP contribution in [0.1, 0.15) is 0 Å². The summed E-state index contributed by atoms with van der Waals surface area (Å²) in [7, 11) is 0. The highest BCUT2D eigenvalue weighted by Gasteiger charge is 1.86. The van der Waals surface area contributed by atoms with Gasteiger partial charge in [-0.15, -0.1) is 0 Å². The number of hydrogen-bond acceptors (Lipinski definition) is 3. The second-order valence-corrected chi connectivity index (χ2v) is 1.99. The fourth-order valence-electron chi connectivity index (χ4n) is 0.339. The Balaban J connectivity index is 4.22. The van der Waals surface area contributed by atoms with E-state index in [0.717, 1.165) is 0 Å². The highest BCUT2D eigenvalue weighted by molar-refractivity contribution is 6.30. The van der Waals surface area contributed by atoms with E-state index in [2.05, 4.69) is 11.6 Å². The smallest absolute Gasteiger partial charge is 0.128 e. The van der Waals surface area contributed by atoms with Gasteiger partial charge in [-0.2, -0.15) is 0 Å². The summed E-state index contributed by atoms with van der Waals surface area (Å²) in [5, 5.41) is 0.0579. The number of amidine groups is 1. The predicted molar refractivity (Wildman–Crippen MR) is 43.1 cm³/mol. The quantitative estimate of drug-likeness (QED) is 0.297. The normalized spacial score (nSPS) is 13.3. The Morgan fingerprint density at radius 3 is 2.20 bits per heavy atom. The monoisotopic (exact) mass is 160 g/mol. The molecule has 0 radical (unpaired) electrons. The molecule has 0 aromatic rings. The molecule has 0 aliphatic heterocycles. The number of nitrogens with zero attached hydrogens (tertiary/aromatic N) is 1. The van der Waals surface area contributed by atoms with E-state index in [1.165, 1.54) is 6.08 Å². The van der Waals surface area contributed by atoms with Crippen molar-refractivity contribution in [1.29, 1.82) is 0 Å². The predicted octanol–water partition coefficient (Wildman–Crippen LogP) is -0.188. The Bertz CT molecular complexity index is 190. The zero-order valence-corrected chi connectivity index (χ0v) is 6.10. The van der Waals surface area contributed by atoms with Gasteiger partial charge in [0.05, 0.1) is 0 Å². The van der Waals surface area contributed by atoms with Crippen molar-refractivity contribution in [3.05, 3.63) is 23.6 Å². The Morgan fingerprint density at radius 2 is 1.90 bits per heavy atom. The first-order valence-corrected chi connectivity index (χ1v) is 2.81. The Hall–Kier alpha value is -1.16. The van der Waals surface area contributed by atoms with Crippen LogP contribution in [0.3, 0.4) is 0 Å². The molecule has 0 aromatic carbocycles. The average Bonchev–Trinajstić information content (AvgIpc) is 1.58. The van der Waals surface area contributed by atoms with Crippen LogP contribution in [0.25, 0.3) is 0 Å². The Labute approximate surface area is 64.0 Å². The molecule has 0 amide bonds. The van der Waals surface area contributed by atoms with E-state index in [4.69, 9.17) is 28.8 Å². The van der Waals surface area contributed by atoms with Crippen LogP contribution in [0.5, 0.6) is 0 Å². The fourth-order valence-corrected chi connectivity index (χ4v) is 0.451. The molecule has 0 atom stereocenters. The largest absolute Gasteiger partial charge is 0.389 e. The van der Waals surface area contributed by atoms with E-state index in [-0.39, 0.29) is 16.8 Å². The molecule has 6 N–H and O–H groups in total. The standard InChI is InChI=1S/C5H9ClN4/c1-3(7)10-5(9)2-4(6)8/h2H,1,7-8H2,(H2,9,10)/b4-2-. The van der Waals surface area contributed by atoms with Crippen molar-refractivity contribution < 1.29 is 0 Å². The third-order valence-corrected chi connectivity index (χ3v) is 0.668. The van der Waals surface area contributed by atoms with Crippen LogP contribution in [0.15, 0.2) is 28.6 Å². The number of hydrogen-bond donors (Lipinski definition) is 3. The summed E-state index contributed by atoms with van der Waals surface area (Å²) in [6, 6.07) is 0. The molecule has 0 unspecified atom stereocenters.